The van der Waals surface area contributed by atoms with Gasteiger partial charge in [0.05, 0.1) is 22.7 Å². The average Bonchev–Trinajstić information content (AvgIpc) is 2.93. The quantitative estimate of drug-likeness (QED) is 0.221. The van der Waals surface area contributed by atoms with Crippen molar-refractivity contribution in [3.8, 4) is 5.75 Å². The first-order valence-electron chi connectivity index (χ1n) is 16.7. The van der Waals surface area contributed by atoms with E-state index in [1.165, 1.54) is 24.3 Å². The number of aliphatic hydroxyl groups is 2. The molecule has 242 valence electrons. The highest BCUT2D eigenvalue weighted by Gasteiger charge is 2.72. The number of esters is 1. The molecule has 0 radical (unpaired) electrons. The van der Waals surface area contributed by atoms with Crippen LogP contribution in [0.3, 0.4) is 0 Å². The van der Waals surface area contributed by atoms with Gasteiger partial charge in [0.25, 0.3) is 0 Å². The van der Waals surface area contributed by atoms with E-state index in [4.69, 9.17) is 4.74 Å². The smallest absolute Gasteiger partial charge is 0.338 e. The molecule has 1 aromatic carbocycles. The highest BCUT2D eigenvalue weighted by molar-refractivity contribution is 5.89. The number of ether oxygens (including phenoxy) is 1. The first-order chi connectivity index (χ1) is 20.4. The minimum absolute atomic E-state index is 0.0116. The van der Waals surface area contributed by atoms with Crippen LogP contribution in [-0.4, -0.2) is 50.2 Å². The molecule has 5 aliphatic rings. The van der Waals surface area contributed by atoms with Crippen LogP contribution in [-0.2, 0) is 9.53 Å². The third kappa shape index (κ3) is 4.00. The van der Waals surface area contributed by atoms with Gasteiger partial charge in [-0.05, 0) is 117 Å². The summed E-state index contributed by atoms with van der Waals surface area (Å²) in [5.41, 5.74) is -1.68. The molecule has 4 N–H and O–H groups in total. The van der Waals surface area contributed by atoms with Crippen LogP contribution in [0.2, 0.25) is 0 Å². The predicted molar refractivity (Wildman–Crippen MR) is 167 cm³/mol. The van der Waals surface area contributed by atoms with E-state index in [9.17, 15) is 30.0 Å². The molecular weight excluding hydrogens is 556 g/mol. The molecular formula is C37H52O7. The number of phenols is 1. The summed E-state index contributed by atoms with van der Waals surface area (Å²) in [6.07, 6.45) is 6.64. The van der Waals surface area contributed by atoms with Crippen molar-refractivity contribution in [1.29, 1.82) is 0 Å². The zero-order chi connectivity index (χ0) is 32.3. The van der Waals surface area contributed by atoms with Crippen LogP contribution < -0.4 is 0 Å². The summed E-state index contributed by atoms with van der Waals surface area (Å²) in [6.45, 7) is 15.3. The Kier molecular flexibility index (Phi) is 7.04. The Morgan fingerprint density at radius 2 is 1.57 bits per heavy atom. The fourth-order valence-corrected chi connectivity index (χ4v) is 12.0. The van der Waals surface area contributed by atoms with Gasteiger partial charge in [-0.2, -0.15) is 0 Å². The van der Waals surface area contributed by atoms with E-state index >= 15 is 0 Å². The van der Waals surface area contributed by atoms with Gasteiger partial charge in [0, 0.05) is 11.3 Å². The molecule has 4 saturated carbocycles. The molecule has 0 amide bonds. The van der Waals surface area contributed by atoms with Crippen LogP contribution in [0, 0.1) is 50.7 Å². The van der Waals surface area contributed by atoms with Crippen molar-refractivity contribution >= 4 is 11.9 Å². The summed E-state index contributed by atoms with van der Waals surface area (Å²) in [7, 11) is 0. The van der Waals surface area contributed by atoms with E-state index in [-0.39, 0.29) is 39.7 Å². The molecule has 0 spiro atoms. The molecule has 7 nitrogen and oxygen atoms in total. The van der Waals surface area contributed by atoms with Crippen molar-refractivity contribution < 1.29 is 34.8 Å². The molecule has 44 heavy (non-hydrogen) atoms. The maximum absolute atomic E-state index is 13.2. The molecule has 7 heteroatoms. The Bertz CT molecular complexity index is 1380. The van der Waals surface area contributed by atoms with Crippen molar-refractivity contribution in [3.05, 3.63) is 41.5 Å². The van der Waals surface area contributed by atoms with Crippen LogP contribution in [0.1, 0.15) is 110 Å². The van der Waals surface area contributed by atoms with E-state index in [1.807, 2.05) is 6.92 Å². The first-order valence-corrected chi connectivity index (χ1v) is 16.7. The number of carbonyl (C=O) groups is 2. The number of aliphatic hydroxyl groups excluding tert-OH is 1. The van der Waals surface area contributed by atoms with Crippen LogP contribution >= 0.6 is 0 Å². The zero-order valence-electron chi connectivity index (χ0n) is 27.5. The van der Waals surface area contributed by atoms with Gasteiger partial charge in [0.2, 0.25) is 0 Å². The third-order valence-electron chi connectivity index (χ3n) is 14.7. The molecule has 1 unspecified atom stereocenters. The topological polar surface area (TPSA) is 124 Å². The number of fused-ring (bicyclic) bond motifs is 7. The molecule has 11 atom stereocenters. The Morgan fingerprint density at radius 3 is 2.20 bits per heavy atom. The zero-order valence-corrected chi connectivity index (χ0v) is 27.5. The number of aliphatic carboxylic acids is 1. The molecule has 1 aromatic rings. The normalized spacial score (nSPS) is 47.6. The van der Waals surface area contributed by atoms with Crippen LogP contribution in [0.5, 0.6) is 5.75 Å². The first kappa shape index (κ1) is 31.6. The second-order valence-corrected chi connectivity index (χ2v) is 16.8. The summed E-state index contributed by atoms with van der Waals surface area (Å²) >= 11 is 0. The van der Waals surface area contributed by atoms with Crippen molar-refractivity contribution in [3.63, 3.8) is 0 Å². The highest BCUT2D eigenvalue weighted by atomic mass is 16.6. The number of carbonyl (C=O) groups excluding carboxylic acids is 1. The Hall–Kier alpha value is -2.38. The lowest BCUT2D eigenvalue weighted by Gasteiger charge is -2.72. The van der Waals surface area contributed by atoms with Crippen molar-refractivity contribution in [1.82, 2.24) is 0 Å². The van der Waals surface area contributed by atoms with Crippen molar-refractivity contribution in [2.45, 2.75) is 118 Å². The summed E-state index contributed by atoms with van der Waals surface area (Å²) in [5.74, 6) is -1.16. The van der Waals surface area contributed by atoms with Gasteiger partial charge < -0.3 is 25.2 Å². The molecule has 0 aromatic heterocycles. The number of rotatable bonds is 3. The number of hydrogen-bond acceptors (Lipinski definition) is 6. The number of allylic oxidation sites excluding steroid dienone is 1. The standard InChI is InChI=1S/C37H52O7/c1-21-14-17-37(31(41)42)19-18-34(5)24(28(37)36(21,7)43)12-13-27-33(4)20-25(39)29(32(2,3)26(33)15-16-35(27,34)6)44-30(40)22-8-10-23(38)11-9-22/h8-12,21,25-29,38-39,43H,13-20H2,1-7H3,(H,41,42)/t21-,25-,26+,27-,28?,29+,33+,34-,35-,36-,37+/m1/s1. The van der Waals surface area contributed by atoms with Crippen LogP contribution in [0.25, 0.3) is 0 Å². The molecule has 6 rings (SSSR count). The van der Waals surface area contributed by atoms with Gasteiger partial charge in [-0.3, -0.25) is 4.79 Å². The van der Waals surface area contributed by atoms with Gasteiger partial charge in [0.15, 0.2) is 0 Å². The van der Waals surface area contributed by atoms with E-state index in [0.717, 1.165) is 31.3 Å². The molecule has 0 saturated heterocycles. The summed E-state index contributed by atoms with van der Waals surface area (Å²) in [4.78, 5) is 26.1. The van der Waals surface area contributed by atoms with E-state index in [1.54, 1.807) is 0 Å². The highest BCUT2D eigenvalue weighted by Crippen LogP contribution is 2.76. The SMILES string of the molecule is C[C@@H]1CC[C@]2(C(=O)O)CC[C@]3(C)C(=CC[C@@H]4[C@@]5(C)C[C@@H](O)[C@H](OC(=O)c6ccc(O)cc6)C(C)(C)[C@@H]5CC[C@]43C)C2[C@]1(C)O. The Morgan fingerprint density at radius 1 is 0.909 bits per heavy atom. The molecule has 5 aliphatic carbocycles. The van der Waals surface area contributed by atoms with Gasteiger partial charge >= 0.3 is 11.9 Å². The number of carboxylic acids is 1. The fraction of sp³-hybridized carbons (Fsp3) is 0.730. The number of benzene rings is 1. The second kappa shape index (κ2) is 9.81. The third-order valence-corrected chi connectivity index (χ3v) is 14.7. The number of phenolic OH excluding ortho intramolecular Hbond substituents is 1. The lowest BCUT2D eigenvalue weighted by molar-refractivity contribution is -0.237. The maximum Gasteiger partial charge on any atom is 0.338 e. The summed E-state index contributed by atoms with van der Waals surface area (Å²) in [6, 6.07) is 6.00. The van der Waals surface area contributed by atoms with Gasteiger partial charge in [-0.15, -0.1) is 0 Å². The van der Waals surface area contributed by atoms with Gasteiger partial charge in [-0.25, -0.2) is 4.79 Å². The Labute approximate surface area is 262 Å². The van der Waals surface area contributed by atoms with Gasteiger partial charge in [-0.1, -0.05) is 53.2 Å². The lowest BCUT2D eigenvalue weighted by Crippen LogP contribution is -2.69. The second-order valence-electron chi connectivity index (χ2n) is 16.8. The molecule has 4 fully saturated rings. The summed E-state index contributed by atoms with van der Waals surface area (Å²) < 4.78 is 6.07. The lowest BCUT2D eigenvalue weighted by atomic mass is 9.33. The van der Waals surface area contributed by atoms with E-state index < -0.39 is 46.5 Å². The fourth-order valence-electron chi connectivity index (χ4n) is 12.0. The largest absolute Gasteiger partial charge is 0.508 e. The number of aromatic hydroxyl groups is 1. The molecule has 0 aliphatic heterocycles. The minimum Gasteiger partial charge on any atom is -0.508 e. The molecule has 0 heterocycles. The molecule has 0 bridgehead atoms. The van der Waals surface area contributed by atoms with E-state index in [0.29, 0.717) is 31.2 Å². The van der Waals surface area contributed by atoms with Crippen LogP contribution in [0.4, 0.5) is 0 Å². The minimum atomic E-state index is -1.11. The predicted octanol–water partition coefficient (Wildman–Crippen LogP) is 6.75. The number of hydrogen-bond donors (Lipinski definition) is 4. The van der Waals surface area contributed by atoms with E-state index in [2.05, 4.69) is 47.6 Å². The number of carboxylic acid groups (broad SMARTS) is 1. The van der Waals surface area contributed by atoms with Crippen LogP contribution in [0.15, 0.2) is 35.9 Å². The maximum atomic E-state index is 13.2. The Balaban J connectivity index is 1.36. The summed E-state index contributed by atoms with van der Waals surface area (Å²) in [5, 5.41) is 44.1. The average molecular weight is 609 g/mol. The van der Waals surface area contributed by atoms with Gasteiger partial charge in [0.1, 0.15) is 11.9 Å². The monoisotopic (exact) mass is 608 g/mol. The van der Waals surface area contributed by atoms with Crippen molar-refractivity contribution in [2.75, 3.05) is 0 Å². The van der Waals surface area contributed by atoms with Crippen molar-refractivity contribution in [2.24, 2.45) is 50.7 Å².